The lowest BCUT2D eigenvalue weighted by molar-refractivity contribution is -0.111. The summed E-state index contributed by atoms with van der Waals surface area (Å²) < 4.78 is 27.4. The molecule has 7 heteroatoms. The number of sulfonamides is 1. The number of nitrogens with one attached hydrogen (secondary N) is 1. The summed E-state index contributed by atoms with van der Waals surface area (Å²) in [5.74, 6) is 0.351. The molecule has 2 aromatic rings. The van der Waals surface area contributed by atoms with E-state index in [-0.39, 0.29) is 10.8 Å². The zero-order chi connectivity index (χ0) is 21.7. The fourth-order valence-electron chi connectivity index (χ4n) is 3.69. The fourth-order valence-corrected chi connectivity index (χ4v) is 5.37. The second kappa shape index (κ2) is 9.24. The third-order valence-electron chi connectivity index (χ3n) is 5.06. The van der Waals surface area contributed by atoms with Crippen molar-refractivity contribution < 1.29 is 13.2 Å². The van der Waals surface area contributed by atoms with Gasteiger partial charge in [-0.1, -0.05) is 26.0 Å². The van der Waals surface area contributed by atoms with Gasteiger partial charge in [0.25, 0.3) is 0 Å². The lowest BCUT2D eigenvalue weighted by Crippen LogP contribution is -2.42. The molecule has 2 unspecified atom stereocenters. The Morgan fingerprint density at radius 2 is 1.67 bits per heavy atom. The van der Waals surface area contributed by atoms with E-state index in [0.717, 1.165) is 12.0 Å². The average Bonchev–Trinajstić information content (AvgIpc) is 2.72. The molecule has 3 rings (SSSR count). The predicted molar refractivity (Wildman–Crippen MR) is 117 cm³/mol. The van der Waals surface area contributed by atoms with E-state index >= 15 is 0 Å². The van der Waals surface area contributed by atoms with E-state index in [1.54, 1.807) is 46.8 Å². The van der Waals surface area contributed by atoms with E-state index in [1.807, 2.05) is 6.07 Å². The number of carbonyl (C=O) groups excluding carboxylic acids is 1. The van der Waals surface area contributed by atoms with Gasteiger partial charge >= 0.3 is 0 Å². The highest BCUT2D eigenvalue weighted by molar-refractivity contribution is 7.89. The minimum atomic E-state index is -3.54. The summed E-state index contributed by atoms with van der Waals surface area (Å²) in [6, 6.07) is 15.2. The summed E-state index contributed by atoms with van der Waals surface area (Å²) in [6.45, 7) is 5.21. The van der Waals surface area contributed by atoms with Gasteiger partial charge < -0.3 is 5.32 Å². The Labute approximate surface area is 177 Å². The molecule has 0 saturated carbocycles. The molecule has 1 aliphatic rings. The molecule has 0 radical (unpaired) electrons. The van der Waals surface area contributed by atoms with Crippen molar-refractivity contribution in [3.63, 3.8) is 0 Å². The first-order valence-electron chi connectivity index (χ1n) is 9.87. The molecule has 1 N–H and O–H groups in total. The summed E-state index contributed by atoms with van der Waals surface area (Å²) in [5, 5.41) is 11.5. The van der Waals surface area contributed by atoms with Crippen LogP contribution in [-0.4, -0.2) is 31.7 Å². The van der Waals surface area contributed by atoms with Crippen LogP contribution in [0.5, 0.6) is 0 Å². The van der Waals surface area contributed by atoms with Crippen LogP contribution in [0.25, 0.3) is 6.08 Å². The van der Waals surface area contributed by atoms with Gasteiger partial charge in [-0.25, -0.2) is 8.42 Å². The van der Waals surface area contributed by atoms with Crippen molar-refractivity contribution in [1.29, 1.82) is 5.26 Å². The predicted octanol–water partition coefficient (Wildman–Crippen LogP) is 3.88. The average molecular weight is 424 g/mol. The monoisotopic (exact) mass is 423 g/mol. The van der Waals surface area contributed by atoms with Crippen molar-refractivity contribution in [1.82, 2.24) is 4.31 Å². The highest BCUT2D eigenvalue weighted by Crippen LogP contribution is 2.27. The van der Waals surface area contributed by atoms with Crippen LogP contribution >= 0.6 is 0 Å². The smallest absolute Gasteiger partial charge is 0.248 e. The minimum absolute atomic E-state index is 0.231. The number of amides is 1. The molecule has 0 aliphatic carbocycles. The van der Waals surface area contributed by atoms with Crippen molar-refractivity contribution in [3.05, 3.63) is 65.7 Å². The first-order chi connectivity index (χ1) is 14.3. The van der Waals surface area contributed by atoms with E-state index in [1.165, 1.54) is 18.2 Å². The normalized spacial score (nSPS) is 20.0. The molecule has 2 aromatic carbocycles. The maximum absolute atomic E-state index is 12.9. The largest absolute Gasteiger partial charge is 0.323 e. The Morgan fingerprint density at radius 3 is 2.23 bits per heavy atom. The van der Waals surface area contributed by atoms with Crippen LogP contribution in [0.2, 0.25) is 0 Å². The van der Waals surface area contributed by atoms with Crippen LogP contribution in [0.4, 0.5) is 5.69 Å². The van der Waals surface area contributed by atoms with Crippen LogP contribution < -0.4 is 5.32 Å². The molecule has 0 bridgehead atoms. The van der Waals surface area contributed by atoms with Gasteiger partial charge in [0.2, 0.25) is 15.9 Å². The Morgan fingerprint density at radius 1 is 1.07 bits per heavy atom. The highest BCUT2D eigenvalue weighted by atomic mass is 32.2. The molecule has 1 aliphatic heterocycles. The van der Waals surface area contributed by atoms with Gasteiger partial charge in [0, 0.05) is 24.9 Å². The number of rotatable bonds is 5. The molecule has 1 saturated heterocycles. The van der Waals surface area contributed by atoms with Gasteiger partial charge in [-0.2, -0.15) is 9.57 Å². The topological polar surface area (TPSA) is 90.3 Å². The first-order valence-corrected chi connectivity index (χ1v) is 11.3. The van der Waals surface area contributed by atoms with Crippen molar-refractivity contribution in [2.75, 3.05) is 18.4 Å². The zero-order valence-electron chi connectivity index (χ0n) is 17.1. The van der Waals surface area contributed by atoms with E-state index in [9.17, 15) is 13.2 Å². The summed E-state index contributed by atoms with van der Waals surface area (Å²) in [5.41, 5.74) is 1.87. The lowest BCUT2D eigenvalue weighted by Gasteiger charge is -2.34. The van der Waals surface area contributed by atoms with Gasteiger partial charge in [0.15, 0.2) is 0 Å². The third kappa shape index (κ3) is 5.35. The van der Waals surface area contributed by atoms with E-state index in [0.29, 0.717) is 36.2 Å². The summed E-state index contributed by atoms with van der Waals surface area (Å²) in [6.07, 6.45) is 4.07. The van der Waals surface area contributed by atoms with Gasteiger partial charge in [0.1, 0.15) is 0 Å². The second-order valence-electron chi connectivity index (χ2n) is 7.85. The van der Waals surface area contributed by atoms with Crippen LogP contribution in [0.15, 0.2) is 59.5 Å². The summed E-state index contributed by atoms with van der Waals surface area (Å²) in [4.78, 5) is 12.4. The Bertz CT molecular complexity index is 1060. The molecule has 2 atom stereocenters. The molecular weight excluding hydrogens is 398 g/mol. The maximum Gasteiger partial charge on any atom is 0.248 e. The number of benzene rings is 2. The third-order valence-corrected chi connectivity index (χ3v) is 6.91. The number of anilines is 1. The number of hydrogen-bond acceptors (Lipinski definition) is 4. The molecule has 1 fully saturated rings. The molecule has 1 amide bonds. The zero-order valence-corrected chi connectivity index (χ0v) is 17.9. The molecule has 0 spiro atoms. The quantitative estimate of drug-likeness (QED) is 0.739. The highest BCUT2D eigenvalue weighted by Gasteiger charge is 2.31. The van der Waals surface area contributed by atoms with Crippen LogP contribution in [0.1, 0.15) is 31.4 Å². The SMILES string of the molecule is CC1CC(C)CN(S(=O)(=O)c2ccc(NC(=O)/C=C/c3ccc(C#N)cc3)cc2)C1. The number of hydrogen-bond donors (Lipinski definition) is 1. The van der Waals surface area contributed by atoms with E-state index in [2.05, 4.69) is 19.2 Å². The molecule has 1 heterocycles. The Hall–Kier alpha value is -2.95. The van der Waals surface area contributed by atoms with Gasteiger partial charge in [-0.15, -0.1) is 0 Å². The second-order valence-corrected chi connectivity index (χ2v) is 9.79. The van der Waals surface area contributed by atoms with Gasteiger partial charge in [0.05, 0.1) is 16.5 Å². The molecular formula is C23H25N3O3S. The Balaban J connectivity index is 1.64. The van der Waals surface area contributed by atoms with Crippen molar-refractivity contribution in [2.45, 2.75) is 25.2 Å². The van der Waals surface area contributed by atoms with Crippen molar-refractivity contribution >= 4 is 27.7 Å². The number of piperidine rings is 1. The maximum atomic E-state index is 12.9. The van der Waals surface area contributed by atoms with Gasteiger partial charge in [-0.3, -0.25) is 4.79 Å². The van der Waals surface area contributed by atoms with Crippen LogP contribution in [0, 0.1) is 23.2 Å². The summed E-state index contributed by atoms with van der Waals surface area (Å²) >= 11 is 0. The fraction of sp³-hybridized carbons (Fsp3) is 0.304. The van der Waals surface area contributed by atoms with Crippen LogP contribution in [-0.2, 0) is 14.8 Å². The van der Waals surface area contributed by atoms with Crippen LogP contribution in [0.3, 0.4) is 0 Å². The Kier molecular flexibility index (Phi) is 6.70. The molecule has 0 aromatic heterocycles. The molecule has 6 nitrogen and oxygen atoms in total. The van der Waals surface area contributed by atoms with E-state index in [4.69, 9.17) is 5.26 Å². The minimum Gasteiger partial charge on any atom is -0.323 e. The number of nitriles is 1. The van der Waals surface area contributed by atoms with E-state index < -0.39 is 10.0 Å². The first kappa shape index (κ1) is 21.8. The standard InChI is InChI=1S/C23H25N3O3S/c1-17-13-18(2)16-26(15-17)30(28,29)22-10-8-21(9-11-22)25-23(27)12-7-19-3-5-20(14-24)6-4-19/h3-12,17-18H,13,15-16H2,1-2H3,(H,25,27)/b12-7+. The van der Waals surface area contributed by atoms with Gasteiger partial charge in [-0.05, 0) is 66.3 Å². The summed E-state index contributed by atoms with van der Waals surface area (Å²) in [7, 11) is -3.54. The molecule has 30 heavy (non-hydrogen) atoms. The lowest BCUT2D eigenvalue weighted by atomic mass is 9.94. The molecule has 156 valence electrons. The van der Waals surface area contributed by atoms with Crippen molar-refractivity contribution in [2.24, 2.45) is 11.8 Å². The number of nitrogens with zero attached hydrogens (tertiary/aromatic N) is 2. The van der Waals surface area contributed by atoms with Crippen molar-refractivity contribution in [3.8, 4) is 6.07 Å². The number of carbonyl (C=O) groups is 1.